The maximum atomic E-state index is 6.03. The normalized spacial score (nSPS) is 16.5. The van der Waals surface area contributed by atoms with Crippen LogP contribution in [-0.2, 0) is 6.54 Å². The quantitative estimate of drug-likeness (QED) is 0.777. The Balaban J connectivity index is 1.39. The van der Waals surface area contributed by atoms with E-state index in [-0.39, 0.29) is 0 Å². The number of fused-ring (bicyclic) bond motifs is 1. The van der Waals surface area contributed by atoms with E-state index in [1.807, 2.05) is 12.3 Å². The highest BCUT2D eigenvalue weighted by atomic mass is 35.5. The Hall–Kier alpha value is -1.49. The number of anilines is 1. The molecular formula is C17H18ClN3S. The van der Waals surface area contributed by atoms with E-state index in [0.717, 1.165) is 37.1 Å². The van der Waals surface area contributed by atoms with Crippen molar-refractivity contribution in [3.05, 3.63) is 52.5 Å². The predicted molar refractivity (Wildman–Crippen MR) is 95.1 cm³/mol. The van der Waals surface area contributed by atoms with Gasteiger partial charge in [0.25, 0.3) is 0 Å². The molecule has 0 atom stereocenters. The van der Waals surface area contributed by atoms with Gasteiger partial charge in [0.2, 0.25) is 0 Å². The van der Waals surface area contributed by atoms with Gasteiger partial charge in [0.15, 0.2) is 0 Å². The first-order chi connectivity index (χ1) is 10.8. The molecule has 0 unspecified atom stereocenters. The number of aromatic amines is 1. The minimum atomic E-state index is 0.872. The minimum Gasteiger partial charge on any atom is -0.361 e. The summed E-state index contributed by atoms with van der Waals surface area (Å²) in [6, 6.07) is 12.9. The number of benzene rings is 1. The molecular weight excluding hydrogens is 314 g/mol. The molecule has 0 radical (unpaired) electrons. The molecule has 0 bridgehead atoms. The monoisotopic (exact) mass is 331 g/mol. The van der Waals surface area contributed by atoms with E-state index in [1.165, 1.54) is 21.5 Å². The highest BCUT2D eigenvalue weighted by molar-refractivity contribution is 7.19. The van der Waals surface area contributed by atoms with Crippen molar-refractivity contribution in [1.29, 1.82) is 0 Å². The molecule has 5 heteroatoms. The molecule has 3 heterocycles. The third-order valence-corrected chi connectivity index (χ3v) is 5.56. The van der Waals surface area contributed by atoms with Crippen LogP contribution in [0.1, 0.15) is 5.56 Å². The highest BCUT2D eigenvalue weighted by Crippen LogP contribution is 2.30. The SMILES string of the molecule is Clc1ccc(N2CCN(Cc3ccc4cc[nH]c4c3)CC2)s1. The second-order valence-electron chi connectivity index (χ2n) is 5.74. The van der Waals surface area contributed by atoms with E-state index in [4.69, 9.17) is 11.6 Å². The first kappa shape index (κ1) is 14.1. The van der Waals surface area contributed by atoms with Gasteiger partial charge in [-0.25, -0.2) is 0 Å². The van der Waals surface area contributed by atoms with Gasteiger partial charge >= 0.3 is 0 Å². The molecule has 2 aromatic heterocycles. The van der Waals surface area contributed by atoms with Crippen LogP contribution in [-0.4, -0.2) is 36.1 Å². The van der Waals surface area contributed by atoms with Gasteiger partial charge in [-0.1, -0.05) is 23.7 Å². The summed E-state index contributed by atoms with van der Waals surface area (Å²) < 4.78 is 0.872. The molecule has 0 spiro atoms. The van der Waals surface area contributed by atoms with Crippen LogP contribution >= 0.6 is 22.9 Å². The third kappa shape index (κ3) is 2.86. The number of halogens is 1. The second-order valence-corrected chi connectivity index (χ2v) is 7.43. The Kier molecular flexibility index (Phi) is 3.82. The number of hydrogen-bond acceptors (Lipinski definition) is 3. The first-order valence-corrected chi connectivity index (χ1v) is 8.76. The van der Waals surface area contributed by atoms with Gasteiger partial charge in [0.05, 0.1) is 9.34 Å². The maximum absolute atomic E-state index is 6.03. The molecule has 1 N–H and O–H groups in total. The number of hydrogen-bond donors (Lipinski definition) is 1. The summed E-state index contributed by atoms with van der Waals surface area (Å²) in [6.45, 7) is 5.35. The van der Waals surface area contributed by atoms with E-state index in [9.17, 15) is 0 Å². The molecule has 0 amide bonds. The largest absolute Gasteiger partial charge is 0.361 e. The second kappa shape index (κ2) is 5.95. The van der Waals surface area contributed by atoms with Crippen molar-refractivity contribution in [2.24, 2.45) is 0 Å². The third-order valence-electron chi connectivity index (χ3n) is 4.27. The molecule has 1 fully saturated rings. The lowest BCUT2D eigenvalue weighted by Gasteiger charge is -2.35. The number of nitrogens with zero attached hydrogens (tertiary/aromatic N) is 2. The zero-order valence-corrected chi connectivity index (χ0v) is 13.8. The van der Waals surface area contributed by atoms with E-state index >= 15 is 0 Å². The smallest absolute Gasteiger partial charge is 0.0950 e. The Morgan fingerprint density at radius 3 is 2.68 bits per heavy atom. The standard InChI is InChI=1S/C17H18ClN3S/c18-16-3-4-17(22-16)21-9-7-20(8-10-21)12-13-1-2-14-5-6-19-15(14)11-13/h1-6,11,19H,7-10,12H2. The zero-order valence-electron chi connectivity index (χ0n) is 12.3. The molecule has 1 saturated heterocycles. The van der Waals surface area contributed by atoms with Gasteiger partial charge in [0.1, 0.15) is 0 Å². The Morgan fingerprint density at radius 2 is 1.91 bits per heavy atom. The van der Waals surface area contributed by atoms with Crippen LogP contribution in [0.4, 0.5) is 5.00 Å². The Morgan fingerprint density at radius 1 is 1.05 bits per heavy atom. The van der Waals surface area contributed by atoms with Crippen molar-refractivity contribution >= 4 is 38.8 Å². The lowest BCUT2D eigenvalue weighted by Crippen LogP contribution is -2.45. The molecule has 0 aliphatic carbocycles. The minimum absolute atomic E-state index is 0.872. The topological polar surface area (TPSA) is 22.3 Å². The van der Waals surface area contributed by atoms with Gasteiger partial charge in [-0.15, -0.1) is 11.3 Å². The van der Waals surface area contributed by atoms with E-state index < -0.39 is 0 Å². The van der Waals surface area contributed by atoms with Crippen LogP contribution in [0.25, 0.3) is 10.9 Å². The number of H-pyrrole nitrogens is 1. The number of aromatic nitrogens is 1. The van der Waals surface area contributed by atoms with Gasteiger partial charge in [-0.05, 0) is 35.2 Å². The number of nitrogens with one attached hydrogen (secondary N) is 1. The molecule has 0 saturated carbocycles. The fourth-order valence-corrected chi connectivity index (χ4v) is 4.14. The lowest BCUT2D eigenvalue weighted by atomic mass is 10.1. The molecule has 1 aliphatic heterocycles. The Labute approximate surface area is 139 Å². The molecule has 3 aromatic rings. The van der Waals surface area contributed by atoms with Crippen LogP contribution in [0.15, 0.2) is 42.6 Å². The van der Waals surface area contributed by atoms with Crippen LogP contribution < -0.4 is 4.90 Å². The maximum Gasteiger partial charge on any atom is 0.0950 e. The van der Waals surface area contributed by atoms with Crippen LogP contribution in [0.5, 0.6) is 0 Å². The van der Waals surface area contributed by atoms with Gasteiger partial charge in [-0.3, -0.25) is 4.90 Å². The van der Waals surface area contributed by atoms with Gasteiger partial charge in [0, 0.05) is 44.4 Å². The van der Waals surface area contributed by atoms with E-state index in [2.05, 4.69) is 45.1 Å². The summed E-state index contributed by atoms with van der Waals surface area (Å²) in [4.78, 5) is 8.25. The summed E-state index contributed by atoms with van der Waals surface area (Å²) in [5, 5.41) is 2.57. The summed E-state index contributed by atoms with van der Waals surface area (Å²) in [6.07, 6.45) is 2.00. The highest BCUT2D eigenvalue weighted by Gasteiger charge is 2.18. The van der Waals surface area contributed by atoms with Crippen LogP contribution in [0, 0.1) is 0 Å². The average molecular weight is 332 g/mol. The van der Waals surface area contributed by atoms with Crippen molar-refractivity contribution < 1.29 is 0 Å². The predicted octanol–water partition coefficient (Wildman–Crippen LogP) is 4.21. The fourth-order valence-electron chi connectivity index (χ4n) is 3.05. The fraction of sp³-hybridized carbons (Fsp3) is 0.294. The Bertz CT molecular complexity index is 771. The van der Waals surface area contributed by atoms with Gasteiger partial charge < -0.3 is 9.88 Å². The van der Waals surface area contributed by atoms with Crippen molar-refractivity contribution in [2.45, 2.75) is 6.54 Å². The van der Waals surface area contributed by atoms with Crippen molar-refractivity contribution in [2.75, 3.05) is 31.1 Å². The van der Waals surface area contributed by atoms with E-state index in [0.29, 0.717) is 0 Å². The molecule has 22 heavy (non-hydrogen) atoms. The summed E-state index contributed by atoms with van der Waals surface area (Å²) in [5.74, 6) is 0. The average Bonchev–Trinajstić information content (AvgIpc) is 3.16. The molecule has 114 valence electrons. The summed E-state index contributed by atoms with van der Waals surface area (Å²) in [7, 11) is 0. The number of piperazine rings is 1. The number of rotatable bonds is 3. The summed E-state index contributed by atoms with van der Waals surface area (Å²) in [5.41, 5.74) is 2.60. The van der Waals surface area contributed by atoms with Crippen molar-refractivity contribution in [3.8, 4) is 0 Å². The molecule has 4 rings (SSSR count). The van der Waals surface area contributed by atoms with E-state index in [1.54, 1.807) is 11.3 Å². The lowest BCUT2D eigenvalue weighted by molar-refractivity contribution is 0.250. The molecule has 1 aliphatic rings. The van der Waals surface area contributed by atoms with Crippen molar-refractivity contribution in [3.63, 3.8) is 0 Å². The molecule has 3 nitrogen and oxygen atoms in total. The number of thiophene rings is 1. The van der Waals surface area contributed by atoms with Crippen molar-refractivity contribution in [1.82, 2.24) is 9.88 Å². The van der Waals surface area contributed by atoms with Crippen LogP contribution in [0.3, 0.4) is 0 Å². The summed E-state index contributed by atoms with van der Waals surface area (Å²) >= 11 is 7.70. The van der Waals surface area contributed by atoms with Crippen LogP contribution in [0.2, 0.25) is 4.34 Å². The molecule has 1 aromatic carbocycles. The van der Waals surface area contributed by atoms with Gasteiger partial charge in [-0.2, -0.15) is 0 Å². The zero-order chi connectivity index (χ0) is 14.9. The first-order valence-electron chi connectivity index (χ1n) is 7.56.